The van der Waals surface area contributed by atoms with Crippen molar-refractivity contribution >= 4 is 5.97 Å². The summed E-state index contributed by atoms with van der Waals surface area (Å²) >= 11 is 0. The van der Waals surface area contributed by atoms with Crippen LogP contribution in [0.1, 0.15) is 37.1 Å². The Hall–Kier alpha value is -1.42. The summed E-state index contributed by atoms with van der Waals surface area (Å²) in [7, 11) is 0. The molecule has 0 amide bonds. The summed E-state index contributed by atoms with van der Waals surface area (Å²) < 4.78 is 0. The number of nitrogens with one attached hydrogen (secondary N) is 1. The fourth-order valence-corrected chi connectivity index (χ4v) is 1.49. The Morgan fingerprint density at radius 3 is 2.81 bits per heavy atom. The van der Waals surface area contributed by atoms with Gasteiger partial charge in [0.1, 0.15) is 0 Å². The third-order valence-corrected chi connectivity index (χ3v) is 2.36. The molecule has 0 fully saturated rings. The predicted octanol–water partition coefficient (Wildman–Crippen LogP) is 1.91. The first-order chi connectivity index (χ1) is 7.63. The lowest BCUT2D eigenvalue weighted by atomic mass is 10.1. The highest BCUT2D eigenvalue weighted by atomic mass is 16.4. The molecule has 0 aliphatic heterocycles. The normalized spacial score (nSPS) is 12.4. The Labute approximate surface area is 95.7 Å². The minimum Gasteiger partial charge on any atom is -0.481 e. The molecular formula is C12H18N2O2. The Kier molecular flexibility index (Phi) is 4.92. The van der Waals surface area contributed by atoms with Gasteiger partial charge in [-0.05, 0) is 31.5 Å². The number of carboxylic acids is 1. The van der Waals surface area contributed by atoms with Crippen LogP contribution in [0, 0.1) is 6.92 Å². The van der Waals surface area contributed by atoms with E-state index in [9.17, 15) is 4.79 Å². The molecule has 4 heteroatoms. The number of rotatable bonds is 6. The average Bonchev–Trinajstić information content (AvgIpc) is 2.25. The number of hydrogen-bond acceptors (Lipinski definition) is 3. The Morgan fingerprint density at radius 1 is 1.56 bits per heavy atom. The molecule has 0 aliphatic carbocycles. The minimum absolute atomic E-state index is 0.0880. The molecule has 0 radical (unpaired) electrons. The first-order valence-electron chi connectivity index (χ1n) is 5.51. The molecule has 0 saturated carbocycles. The molecule has 88 valence electrons. The van der Waals surface area contributed by atoms with Gasteiger partial charge in [0.25, 0.3) is 0 Å². The molecule has 0 aliphatic rings. The summed E-state index contributed by atoms with van der Waals surface area (Å²) in [6, 6.07) is 3.68. The maximum atomic E-state index is 10.8. The van der Waals surface area contributed by atoms with E-state index in [0.29, 0.717) is 0 Å². The highest BCUT2D eigenvalue weighted by Gasteiger charge is 2.14. The van der Waals surface area contributed by atoms with E-state index < -0.39 is 5.97 Å². The van der Waals surface area contributed by atoms with E-state index in [0.717, 1.165) is 24.2 Å². The molecule has 2 N–H and O–H groups in total. The molecule has 0 spiro atoms. The quantitative estimate of drug-likeness (QED) is 0.771. The van der Waals surface area contributed by atoms with Gasteiger partial charge in [-0.1, -0.05) is 13.0 Å². The van der Waals surface area contributed by atoms with E-state index >= 15 is 0 Å². The van der Waals surface area contributed by atoms with Crippen molar-refractivity contribution in [1.29, 1.82) is 0 Å². The topological polar surface area (TPSA) is 62.2 Å². The zero-order valence-corrected chi connectivity index (χ0v) is 9.73. The van der Waals surface area contributed by atoms with Crippen molar-refractivity contribution < 1.29 is 9.90 Å². The number of carbonyl (C=O) groups is 1. The summed E-state index contributed by atoms with van der Waals surface area (Å²) in [6.07, 6.45) is 2.81. The highest BCUT2D eigenvalue weighted by molar-refractivity contribution is 5.67. The second-order valence-corrected chi connectivity index (χ2v) is 3.84. The van der Waals surface area contributed by atoms with Crippen LogP contribution in [0.3, 0.4) is 0 Å². The molecule has 1 rings (SSSR count). The monoisotopic (exact) mass is 222 g/mol. The average molecular weight is 222 g/mol. The van der Waals surface area contributed by atoms with Crippen LogP contribution in [-0.4, -0.2) is 22.6 Å². The molecular weight excluding hydrogens is 204 g/mol. The molecule has 0 aromatic carbocycles. The van der Waals surface area contributed by atoms with Crippen molar-refractivity contribution in [3.8, 4) is 0 Å². The molecule has 4 nitrogen and oxygen atoms in total. The summed E-state index contributed by atoms with van der Waals surface area (Å²) in [4.78, 5) is 14.9. The molecule has 1 aromatic rings. The fourth-order valence-electron chi connectivity index (χ4n) is 1.49. The lowest BCUT2D eigenvalue weighted by Crippen LogP contribution is -2.24. The number of aryl methyl sites for hydroxylation is 1. The molecule has 0 bridgehead atoms. The van der Waals surface area contributed by atoms with Gasteiger partial charge in [-0.15, -0.1) is 0 Å². The van der Waals surface area contributed by atoms with Crippen molar-refractivity contribution in [2.75, 3.05) is 6.54 Å². The molecule has 1 atom stereocenters. The summed E-state index contributed by atoms with van der Waals surface area (Å²) in [5.41, 5.74) is 1.87. The number of pyridine rings is 1. The van der Waals surface area contributed by atoms with Gasteiger partial charge in [-0.25, -0.2) is 0 Å². The van der Waals surface area contributed by atoms with Gasteiger partial charge in [0.05, 0.1) is 6.42 Å². The number of aromatic nitrogens is 1. The van der Waals surface area contributed by atoms with Crippen LogP contribution < -0.4 is 5.32 Å². The van der Waals surface area contributed by atoms with Crippen molar-refractivity contribution in [2.24, 2.45) is 0 Å². The van der Waals surface area contributed by atoms with Crippen molar-refractivity contribution in [2.45, 2.75) is 32.7 Å². The van der Waals surface area contributed by atoms with Crippen molar-refractivity contribution in [3.05, 3.63) is 29.6 Å². The lowest BCUT2D eigenvalue weighted by molar-refractivity contribution is -0.137. The number of nitrogens with zero attached hydrogens (tertiary/aromatic N) is 1. The van der Waals surface area contributed by atoms with Gasteiger partial charge < -0.3 is 10.4 Å². The van der Waals surface area contributed by atoms with E-state index in [4.69, 9.17) is 5.11 Å². The van der Waals surface area contributed by atoms with E-state index in [2.05, 4.69) is 17.2 Å². The number of hydrogen-bond donors (Lipinski definition) is 2. The van der Waals surface area contributed by atoms with Gasteiger partial charge in [0.2, 0.25) is 0 Å². The zero-order chi connectivity index (χ0) is 12.0. The van der Waals surface area contributed by atoms with Gasteiger partial charge in [-0.2, -0.15) is 0 Å². The van der Waals surface area contributed by atoms with Gasteiger partial charge in [-0.3, -0.25) is 9.78 Å². The van der Waals surface area contributed by atoms with Crippen LogP contribution in [0.4, 0.5) is 0 Å². The first kappa shape index (κ1) is 12.6. The standard InChI is InChI=1S/C12H18N2O2/c1-3-6-13-11(7-12(15)16)10-5-4-9(2)14-8-10/h4-5,8,11,13H,3,6-7H2,1-2H3,(H,15,16). The summed E-state index contributed by atoms with van der Waals surface area (Å²) in [5, 5.41) is 12.1. The van der Waals surface area contributed by atoms with E-state index in [1.807, 2.05) is 19.1 Å². The number of carboxylic acid groups (broad SMARTS) is 1. The van der Waals surface area contributed by atoms with Gasteiger partial charge in [0, 0.05) is 17.9 Å². The second kappa shape index (κ2) is 6.23. The highest BCUT2D eigenvalue weighted by Crippen LogP contribution is 2.16. The van der Waals surface area contributed by atoms with E-state index in [1.54, 1.807) is 6.20 Å². The molecule has 0 saturated heterocycles. The third-order valence-electron chi connectivity index (χ3n) is 2.36. The fraction of sp³-hybridized carbons (Fsp3) is 0.500. The molecule has 16 heavy (non-hydrogen) atoms. The first-order valence-corrected chi connectivity index (χ1v) is 5.51. The predicted molar refractivity (Wildman–Crippen MR) is 62.3 cm³/mol. The molecule has 1 unspecified atom stereocenters. The van der Waals surface area contributed by atoms with Gasteiger partial charge >= 0.3 is 5.97 Å². The molecule has 1 aromatic heterocycles. The van der Waals surface area contributed by atoms with Crippen molar-refractivity contribution in [1.82, 2.24) is 10.3 Å². The second-order valence-electron chi connectivity index (χ2n) is 3.84. The van der Waals surface area contributed by atoms with Crippen LogP contribution in [0.25, 0.3) is 0 Å². The maximum Gasteiger partial charge on any atom is 0.305 e. The van der Waals surface area contributed by atoms with Crippen LogP contribution in [0.15, 0.2) is 18.3 Å². The van der Waals surface area contributed by atoms with Crippen LogP contribution in [0.2, 0.25) is 0 Å². The Bertz CT molecular complexity index is 335. The lowest BCUT2D eigenvalue weighted by Gasteiger charge is -2.16. The summed E-state index contributed by atoms with van der Waals surface area (Å²) in [6.45, 7) is 4.78. The largest absolute Gasteiger partial charge is 0.481 e. The zero-order valence-electron chi connectivity index (χ0n) is 9.73. The van der Waals surface area contributed by atoms with Crippen LogP contribution in [-0.2, 0) is 4.79 Å². The maximum absolute atomic E-state index is 10.8. The van der Waals surface area contributed by atoms with E-state index in [-0.39, 0.29) is 12.5 Å². The SMILES string of the molecule is CCCNC(CC(=O)O)c1ccc(C)nc1. The summed E-state index contributed by atoms with van der Waals surface area (Å²) in [5.74, 6) is -0.797. The smallest absolute Gasteiger partial charge is 0.305 e. The van der Waals surface area contributed by atoms with Crippen LogP contribution in [0.5, 0.6) is 0 Å². The van der Waals surface area contributed by atoms with E-state index in [1.165, 1.54) is 0 Å². The minimum atomic E-state index is -0.797. The Morgan fingerprint density at radius 2 is 2.31 bits per heavy atom. The number of aliphatic carboxylic acids is 1. The van der Waals surface area contributed by atoms with Crippen LogP contribution >= 0.6 is 0 Å². The van der Waals surface area contributed by atoms with Crippen molar-refractivity contribution in [3.63, 3.8) is 0 Å². The Balaban J connectivity index is 2.74. The molecule has 1 heterocycles. The third kappa shape index (κ3) is 3.98. The van der Waals surface area contributed by atoms with Gasteiger partial charge in [0.15, 0.2) is 0 Å².